The summed E-state index contributed by atoms with van der Waals surface area (Å²) in [5.74, 6) is -1.13. The number of rotatable bonds is 8. The molecule has 1 aromatic carbocycles. The summed E-state index contributed by atoms with van der Waals surface area (Å²) in [6, 6.07) is 8.73. The summed E-state index contributed by atoms with van der Waals surface area (Å²) in [5, 5.41) is 10.0. The molecule has 1 unspecified atom stereocenters. The van der Waals surface area contributed by atoms with Crippen LogP contribution in [0.5, 0.6) is 0 Å². The third-order valence-electron chi connectivity index (χ3n) is 6.07. The topological polar surface area (TPSA) is 46.5 Å². The van der Waals surface area contributed by atoms with Gasteiger partial charge in [-0.05, 0) is 49.7 Å². The van der Waals surface area contributed by atoms with Gasteiger partial charge >= 0.3 is 5.97 Å². The maximum Gasteiger partial charge on any atom is 0.336 e. The van der Waals surface area contributed by atoms with Crippen molar-refractivity contribution in [2.24, 2.45) is 5.41 Å². The maximum atomic E-state index is 12.2. The first-order valence-corrected chi connectivity index (χ1v) is 12.4. The van der Waals surface area contributed by atoms with Gasteiger partial charge in [0.15, 0.2) is 0 Å². The van der Waals surface area contributed by atoms with Crippen LogP contribution in [-0.2, 0) is 9.53 Å². The molecule has 0 bridgehead atoms. The van der Waals surface area contributed by atoms with E-state index in [9.17, 15) is 9.90 Å². The molecule has 1 aliphatic carbocycles. The zero-order valence-corrected chi connectivity index (χ0v) is 22.6. The summed E-state index contributed by atoms with van der Waals surface area (Å²) >= 11 is 18.5. The van der Waals surface area contributed by atoms with Crippen LogP contribution in [0.3, 0.4) is 0 Å². The van der Waals surface area contributed by atoms with Crippen LogP contribution >= 0.6 is 34.8 Å². The van der Waals surface area contributed by atoms with Crippen LogP contribution in [-0.4, -0.2) is 28.1 Å². The minimum atomic E-state index is -1.86. The van der Waals surface area contributed by atoms with Crippen LogP contribution in [0, 0.1) is 5.41 Å². The maximum absolute atomic E-state index is 12.2. The Labute approximate surface area is 218 Å². The minimum Gasteiger partial charge on any atom is -0.478 e. The predicted molar refractivity (Wildman–Crippen MR) is 144 cm³/mol. The number of hydrogen-bond acceptors (Lipinski definition) is 2. The molecule has 0 radical (unpaired) electrons. The Hall–Kier alpha value is -1.78. The number of hydrogen-bond donors (Lipinski definition) is 1. The van der Waals surface area contributed by atoms with Crippen molar-refractivity contribution < 1.29 is 14.6 Å². The molecular formula is C28H33Cl3O3. The number of allylic oxidation sites excluding steroid dienone is 7. The van der Waals surface area contributed by atoms with E-state index in [1.807, 2.05) is 19.1 Å². The van der Waals surface area contributed by atoms with Gasteiger partial charge in [-0.1, -0.05) is 121 Å². The van der Waals surface area contributed by atoms with E-state index >= 15 is 0 Å². The lowest BCUT2D eigenvalue weighted by Crippen LogP contribution is -2.30. The number of ether oxygens (including phenoxy) is 1. The predicted octanol–water partition coefficient (Wildman–Crippen LogP) is 8.50. The van der Waals surface area contributed by atoms with E-state index in [2.05, 4.69) is 32.9 Å². The quantitative estimate of drug-likeness (QED) is 0.211. The fourth-order valence-corrected chi connectivity index (χ4v) is 4.96. The second-order valence-electron chi connectivity index (χ2n) is 9.19. The lowest BCUT2D eigenvalue weighted by atomic mass is 9.72. The Kier molecular flexibility index (Phi) is 10.3. The van der Waals surface area contributed by atoms with Crippen LogP contribution in [0.15, 0.2) is 83.0 Å². The van der Waals surface area contributed by atoms with Crippen LogP contribution in [0.25, 0.3) is 5.57 Å². The Morgan fingerprint density at radius 3 is 2.35 bits per heavy atom. The summed E-state index contributed by atoms with van der Waals surface area (Å²) in [5.41, 5.74) is 4.75. The van der Waals surface area contributed by atoms with Gasteiger partial charge in [-0.2, -0.15) is 0 Å². The van der Waals surface area contributed by atoms with Crippen molar-refractivity contribution in [2.75, 3.05) is 7.11 Å². The van der Waals surface area contributed by atoms with Gasteiger partial charge in [0.1, 0.15) is 6.10 Å². The number of methoxy groups -OCH3 is 1. The molecule has 0 saturated heterocycles. The first-order valence-electron chi connectivity index (χ1n) is 11.2. The van der Waals surface area contributed by atoms with Crippen molar-refractivity contribution in [1.82, 2.24) is 0 Å². The Balaban J connectivity index is 2.48. The Morgan fingerprint density at radius 1 is 1.18 bits per heavy atom. The van der Waals surface area contributed by atoms with Gasteiger partial charge in [0.05, 0.1) is 5.57 Å². The minimum absolute atomic E-state index is 0.0151. The molecule has 34 heavy (non-hydrogen) atoms. The molecule has 0 fully saturated rings. The van der Waals surface area contributed by atoms with Crippen molar-refractivity contribution in [2.45, 2.75) is 56.9 Å². The molecule has 0 saturated carbocycles. The first kappa shape index (κ1) is 28.5. The molecule has 0 aliphatic heterocycles. The molecule has 1 aromatic rings. The van der Waals surface area contributed by atoms with E-state index in [0.717, 1.165) is 12.0 Å². The molecule has 0 heterocycles. The molecule has 184 valence electrons. The number of benzene rings is 1. The molecule has 2 rings (SSSR count). The SMILES string of the molecule is COC(C(C=CC=C(C)C=CC1=C(C)CCCC1(C)C)=C(C(=O)O)c1ccccc1)C(Cl)(Cl)Cl. The third kappa shape index (κ3) is 7.61. The van der Waals surface area contributed by atoms with Crippen LogP contribution in [0.2, 0.25) is 0 Å². The molecule has 1 aliphatic rings. The van der Waals surface area contributed by atoms with Crippen molar-refractivity contribution in [1.29, 1.82) is 0 Å². The molecule has 1 atom stereocenters. The monoisotopic (exact) mass is 522 g/mol. The van der Waals surface area contributed by atoms with E-state index < -0.39 is 15.9 Å². The number of halogens is 3. The Morgan fingerprint density at radius 2 is 1.82 bits per heavy atom. The van der Waals surface area contributed by atoms with Crippen LogP contribution < -0.4 is 0 Å². The largest absolute Gasteiger partial charge is 0.478 e. The highest BCUT2D eigenvalue weighted by molar-refractivity contribution is 6.68. The zero-order valence-electron chi connectivity index (χ0n) is 20.4. The van der Waals surface area contributed by atoms with Crippen molar-refractivity contribution >= 4 is 46.3 Å². The van der Waals surface area contributed by atoms with Crippen molar-refractivity contribution in [3.8, 4) is 0 Å². The smallest absolute Gasteiger partial charge is 0.336 e. The average molecular weight is 524 g/mol. The second-order valence-corrected chi connectivity index (χ2v) is 11.6. The lowest BCUT2D eigenvalue weighted by Gasteiger charge is -2.32. The first-order chi connectivity index (χ1) is 15.9. The molecule has 0 aromatic heterocycles. The van der Waals surface area contributed by atoms with Gasteiger partial charge in [-0.15, -0.1) is 0 Å². The standard InChI is InChI=1S/C28H33Cl3O3/c1-19(16-17-23-20(2)12-10-18-27(23,3)4)11-9-15-22(25(34-5)28(29,30)31)24(26(32)33)21-13-7-6-8-14-21/h6-9,11,13-17,25H,10,12,18H2,1-5H3,(H,32,33). The molecule has 0 amide bonds. The van der Waals surface area contributed by atoms with Gasteiger partial charge in [-0.25, -0.2) is 4.79 Å². The van der Waals surface area contributed by atoms with Gasteiger partial charge in [0.2, 0.25) is 3.79 Å². The molecule has 6 heteroatoms. The summed E-state index contributed by atoms with van der Waals surface area (Å²) in [4.78, 5) is 12.2. The van der Waals surface area contributed by atoms with E-state index in [4.69, 9.17) is 39.5 Å². The number of carbonyl (C=O) groups is 1. The lowest BCUT2D eigenvalue weighted by molar-refractivity contribution is -0.130. The third-order valence-corrected chi connectivity index (χ3v) is 6.67. The summed E-state index contributed by atoms with van der Waals surface area (Å²) in [6.07, 6.45) is 12.0. The normalized spacial score (nSPS) is 19.0. The number of aliphatic carboxylic acids is 1. The summed E-state index contributed by atoms with van der Waals surface area (Å²) < 4.78 is 3.58. The highest BCUT2D eigenvalue weighted by Crippen LogP contribution is 2.41. The molecular weight excluding hydrogens is 491 g/mol. The Bertz CT molecular complexity index is 1020. The van der Waals surface area contributed by atoms with Gasteiger partial charge < -0.3 is 9.84 Å². The fourth-order valence-electron chi connectivity index (χ4n) is 4.34. The van der Waals surface area contributed by atoms with Gasteiger partial charge in [0, 0.05) is 12.7 Å². The summed E-state index contributed by atoms with van der Waals surface area (Å²) in [6.45, 7) is 8.76. The van der Waals surface area contributed by atoms with E-state index in [-0.39, 0.29) is 16.6 Å². The zero-order chi connectivity index (χ0) is 25.5. The van der Waals surface area contributed by atoms with Crippen molar-refractivity contribution in [3.05, 3.63) is 88.6 Å². The van der Waals surface area contributed by atoms with Crippen molar-refractivity contribution in [3.63, 3.8) is 0 Å². The molecule has 0 spiro atoms. The van der Waals surface area contributed by atoms with E-state index in [0.29, 0.717) is 5.56 Å². The average Bonchev–Trinajstić information content (AvgIpc) is 2.73. The number of alkyl halides is 3. The van der Waals surface area contributed by atoms with Gasteiger partial charge in [0.25, 0.3) is 0 Å². The highest BCUT2D eigenvalue weighted by atomic mass is 35.6. The fraction of sp³-hybridized carbons (Fsp3) is 0.393. The van der Waals surface area contributed by atoms with E-state index in [1.54, 1.807) is 36.4 Å². The van der Waals surface area contributed by atoms with Crippen LogP contribution in [0.4, 0.5) is 0 Å². The second kappa shape index (κ2) is 12.3. The van der Waals surface area contributed by atoms with Crippen LogP contribution in [0.1, 0.15) is 52.5 Å². The highest BCUT2D eigenvalue weighted by Gasteiger charge is 2.37. The molecule has 1 N–H and O–H groups in total. The molecule has 3 nitrogen and oxygen atoms in total. The van der Waals surface area contributed by atoms with Gasteiger partial charge in [-0.3, -0.25) is 0 Å². The van der Waals surface area contributed by atoms with E-state index in [1.165, 1.54) is 31.1 Å². The number of carboxylic acid groups (broad SMARTS) is 1. The number of carboxylic acids is 1. The summed E-state index contributed by atoms with van der Waals surface area (Å²) in [7, 11) is 1.39.